The minimum absolute atomic E-state index is 0.351. The number of hydrogen-bond acceptors (Lipinski definition) is 5. The number of rotatable bonds is 6. The molecule has 0 saturated carbocycles. The van der Waals surface area contributed by atoms with E-state index >= 15 is 0 Å². The smallest absolute Gasteiger partial charge is 0.330 e. The van der Waals surface area contributed by atoms with Crippen molar-refractivity contribution in [2.24, 2.45) is 0 Å². The maximum atomic E-state index is 13.9. The van der Waals surface area contributed by atoms with Gasteiger partial charge in [-0.15, -0.1) is 0 Å². The average molecular weight is 445 g/mol. The van der Waals surface area contributed by atoms with Gasteiger partial charge in [-0.2, -0.15) is 0 Å². The molecule has 0 unspecified atom stereocenters. The molecule has 0 amide bonds. The second-order valence-corrected chi connectivity index (χ2v) is 6.80. The molecule has 2 aromatic carbocycles. The van der Waals surface area contributed by atoms with Gasteiger partial charge in [0.25, 0.3) is 0 Å². The van der Waals surface area contributed by atoms with Gasteiger partial charge < -0.3 is 14.8 Å². The molecular formula is C21H18BrFN2O3. The summed E-state index contributed by atoms with van der Waals surface area (Å²) in [5.41, 5.74) is 2.21. The standard InChI is InChI=1S/C21H18BrFN2O3/c1-27-16-6-3-13(4-7-16)12-24-21-14(5-8-20(26)28-2)9-15-10-17(22)18(23)11-19(15)25-21/h3-11H,12H2,1-2H3,(H,24,25)/b8-5+. The Morgan fingerprint density at radius 1 is 1.21 bits per heavy atom. The third-order valence-corrected chi connectivity index (χ3v) is 4.71. The van der Waals surface area contributed by atoms with Crippen molar-refractivity contribution in [2.75, 3.05) is 19.5 Å². The predicted molar refractivity (Wildman–Crippen MR) is 111 cm³/mol. The third kappa shape index (κ3) is 4.67. The summed E-state index contributed by atoms with van der Waals surface area (Å²) in [6, 6.07) is 12.5. The van der Waals surface area contributed by atoms with Crippen LogP contribution in [0.4, 0.5) is 10.2 Å². The fourth-order valence-corrected chi connectivity index (χ4v) is 2.97. The van der Waals surface area contributed by atoms with Crippen molar-refractivity contribution in [1.29, 1.82) is 0 Å². The number of ether oxygens (including phenoxy) is 2. The first-order valence-corrected chi connectivity index (χ1v) is 9.22. The number of aromatic nitrogens is 1. The Morgan fingerprint density at radius 2 is 1.96 bits per heavy atom. The van der Waals surface area contributed by atoms with E-state index in [4.69, 9.17) is 4.74 Å². The number of fused-ring (bicyclic) bond motifs is 1. The number of anilines is 1. The van der Waals surface area contributed by atoms with Crippen LogP contribution in [-0.4, -0.2) is 25.2 Å². The van der Waals surface area contributed by atoms with Gasteiger partial charge in [0, 0.05) is 29.6 Å². The quantitative estimate of drug-likeness (QED) is 0.430. The molecule has 5 nitrogen and oxygen atoms in total. The monoisotopic (exact) mass is 444 g/mol. The minimum atomic E-state index is -0.471. The van der Waals surface area contributed by atoms with Gasteiger partial charge in [0.15, 0.2) is 0 Å². The molecular weight excluding hydrogens is 427 g/mol. The largest absolute Gasteiger partial charge is 0.497 e. The SMILES string of the molecule is COC(=O)/C=C/c1cc2cc(Br)c(F)cc2nc1NCc1ccc(OC)cc1. The van der Waals surface area contributed by atoms with Gasteiger partial charge in [-0.05, 0) is 51.8 Å². The number of nitrogens with one attached hydrogen (secondary N) is 1. The molecule has 3 aromatic rings. The summed E-state index contributed by atoms with van der Waals surface area (Å²) >= 11 is 3.19. The highest BCUT2D eigenvalue weighted by Crippen LogP contribution is 2.27. The number of esters is 1. The van der Waals surface area contributed by atoms with E-state index in [0.717, 1.165) is 16.7 Å². The highest BCUT2D eigenvalue weighted by atomic mass is 79.9. The van der Waals surface area contributed by atoms with Crippen molar-refractivity contribution in [3.63, 3.8) is 0 Å². The molecule has 7 heteroatoms. The van der Waals surface area contributed by atoms with E-state index in [0.29, 0.717) is 27.9 Å². The molecule has 0 bridgehead atoms. The van der Waals surface area contributed by atoms with Gasteiger partial charge in [0.2, 0.25) is 0 Å². The van der Waals surface area contributed by atoms with E-state index in [1.54, 1.807) is 19.3 Å². The Bertz CT molecular complexity index is 1040. The van der Waals surface area contributed by atoms with E-state index in [9.17, 15) is 9.18 Å². The molecule has 0 aliphatic carbocycles. The van der Waals surface area contributed by atoms with E-state index < -0.39 is 5.97 Å². The molecule has 3 rings (SSSR count). The van der Waals surface area contributed by atoms with Crippen molar-refractivity contribution in [2.45, 2.75) is 6.54 Å². The zero-order chi connectivity index (χ0) is 20.1. The number of pyridine rings is 1. The van der Waals surface area contributed by atoms with Crippen LogP contribution in [0.2, 0.25) is 0 Å². The van der Waals surface area contributed by atoms with Crippen LogP contribution in [-0.2, 0) is 16.1 Å². The lowest BCUT2D eigenvalue weighted by Gasteiger charge is -2.12. The van der Waals surface area contributed by atoms with Gasteiger partial charge in [0.1, 0.15) is 17.4 Å². The first-order valence-electron chi connectivity index (χ1n) is 8.43. The molecule has 0 fully saturated rings. The molecule has 0 atom stereocenters. The number of methoxy groups -OCH3 is 2. The molecule has 0 aliphatic heterocycles. The Kier molecular flexibility index (Phi) is 6.26. The number of carbonyl (C=O) groups excluding carboxylic acids is 1. The molecule has 0 aliphatic rings. The average Bonchev–Trinajstić information content (AvgIpc) is 2.71. The Labute approximate surface area is 170 Å². The van der Waals surface area contributed by atoms with Gasteiger partial charge in [-0.3, -0.25) is 0 Å². The Hall–Kier alpha value is -2.93. The van der Waals surface area contributed by atoms with Crippen LogP contribution in [0.25, 0.3) is 17.0 Å². The molecule has 28 heavy (non-hydrogen) atoms. The summed E-state index contributed by atoms with van der Waals surface area (Å²) in [4.78, 5) is 16.0. The van der Waals surface area contributed by atoms with E-state index in [-0.39, 0.29) is 5.82 Å². The Balaban J connectivity index is 1.95. The van der Waals surface area contributed by atoms with Crippen LogP contribution in [0.1, 0.15) is 11.1 Å². The Morgan fingerprint density at radius 3 is 2.64 bits per heavy atom. The topological polar surface area (TPSA) is 60.5 Å². The number of nitrogens with zero attached hydrogens (tertiary/aromatic N) is 1. The number of carbonyl (C=O) groups is 1. The van der Waals surface area contributed by atoms with Crippen molar-refractivity contribution < 1.29 is 18.7 Å². The predicted octanol–water partition coefficient (Wildman–Crippen LogP) is 4.94. The van der Waals surface area contributed by atoms with Crippen LogP contribution in [0, 0.1) is 5.82 Å². The van der Waals surface area contributed by atoms with E-state index in [1.807, 2.05) is 30.3 Å². The second-order valence-electron chi connectivity index (χ2n) is 5.94. The highest BCUT2D eigenvalue weighted by Gasteiger charge is 2.09. The lowest BCUT2D eigenvalue weighted by Crippen LogP contribution is -2.04. The fraction of sp³-hybridized carbons (Fsp3) is 0.143. The molecule has 144 valence electrons. The highest BCUT2D eigenvalue weighted by molar-refractivity contribution is 9.10. The normalized spacial score (nSPS) is 11.0. The van der Waals surface area contributed by atoms with Crippen LogP contribution in [0.5, 0.6) is 5.75 Å². The molecule has 0 radical (unpaired) electrons. The number of hydrogen-bond donors (Lipinski definition) is 1. The second kappa shape index (κ2) is 8.84. The summed E-state index contributed by atoms with van der Waals surface area (Å²) in [6.07, 6.45) is 2.94. The van der Waals surface area contributed by atoms with E-state index in [2.05, 4.69) is 31.0 Å². The van der Waals surface area contributed by atoms with Gasteiger partial charge in [-0.25, -0.2) is 14.2 Å². The first kappa shape index (κ1) is 19.8. The lowest BCUT2D eigenvalue weighted by atomic mass is 10.1. The van der Waals surface area contributed by atoms with Gasteiger partial charge >= 0.3 is 5.97 Å². The van der Waals surface area contributed by atoms with Crippen LogP contribution >= 0.6 is 15.9 Å². The van der Waals surface area contributed by atoms with Crippen LogP contribution in [0.15, 0.2) is 53.0 Å². The maximum absolute atomic E-state index is 13.9. The number of benzene rings is 2. The zero-order valence-electron chi connectivity index (χ0n) is 15.3. The molecule has 1 N–H and O–H groups in total. The van der Waals surface area contributed by atoms with Crippen molar-refractivity contribution in [3.8, 4) is 5.75 Å². The van der Waals surface area contributed by atoms with E-state index in [1.165, 1.54) is 19.3 Å². The minimum Gasteiger partial charge on any atom is -0.497 e. The third-order valence-electron chi connectivity index (χ3n) is 4.11. The first-order chi connectivity index (χ1) is 13.5. The van der Waals surface area contributed by atoms with Gasteiger partial charge in [0.05, 0.1) is 24.2 Å². The van der Waals surface area contributed by atoms with Crippen LogP contribution in [0.3, 0.4) is 0 Å². The molecule has 1 aromatic heterocycles. The summed E-state index contributed by atoms with van der Waals surface area (Å²) < 4.78 is 24.1. The zero-order valence-corrected chi connectivity index (χ0v) is 16.9. The van der Waals surface area contributed by atoms with Crippen molar-refractivity contribution >= 4 is 44.7 Å². The molecule has 0 saturated heterocycles. The van der Waals surface area contributed by atoms with Gasteiger partial charge in [-0.1, -0.05) is 12.1 Å². The number of halogens is 2. The molecule has 1 heterocycles. The molecule has 0 spiro atoms. The summed E-state index contributed by atoms with van der Waals surface area (Å²) in [6.45, 7) is 0.501. The summed E-state index contributed by atoms with van der Waals surface area (Å²) in [5.74, 6) is 0.445. The summed E-state index contributed by atoms with van der Waals surface area (Å²) in [5, 5.41) is 3.99. The fourth-order valence-electron chi connectivity index (χ4n) is 2.61. The van der Waals surface area contributed by atoms with Crippen molar-refractivity contribution in [3.05, 3.63) is 70.0 Å². The van der Waals surface area contributed by atoms with Crippen molar-refractivity contribution in [1.82, 2.24) is 4.98 Å². The lowest BCUT2D eigenvalue weighted by molar-refractivity contribution is -0.134. The maximum Gasteiger partial charge on any atom is 0.330 e. The van der Waals surface area contributed by atoms with Crippen LogP contribution < -0.4 is 10.1 Å². The summed E-state index contributed by atoms with van der Waals surface area (Å²) in [7, 11) is 2.93.